The summed E-state index contributed by atoms with van der Waals surface area (Å²) in [6, 6.07) is 11.2. The van der Waals surface area contributed by atoms with Crippen LogP contribution in [0.4, 0.5) is 5.69 Å². The molecule has 2 N–H and O–H groups in total. The number of carbonyl (C=O) groups is 2. The number of anilines is 1. The first-order chi connectivity index (χ1) is 12.0. The normalized spacial score (nSPS) is 15.7. The van der Waals surface area contributed by atoms with Gasteiger partial charge in [0.15, 0.2) is 11.5 Å². The predicted octanol–water partition coefficient (Wildman–Crippen LogP) is 2.16. The molecular weight excluding hydrogens is 322 g/mol. The zero-order valence-electron chi connectivity index (χ0n) is 13.8. The fourth-order valence-corrected chi connectivity index (χ4v) is 3.12. The smallest absolute Gasteiger partial charge is 0.329 e. The van der Waals surface area contributed by atoms with Crippen LogP contribution in [0.15, 0.2) is 42.5 Å². The molecule has 1 aliphatic heterocycles. The molecule has 6 nitrogen and oxygen atoms in total. The second-order valence-corrected chi connectivity index (χ2v) is 5.96. The molecule has 0 aromatic heterocycles. The molecule has 1 amide bonds. The molecule has 0 saturated carbocycles. The van der Waals surface area contributed by atoms with Crippen molar-refractivity contribution in [1.82, 2.24) is 0 Å². The fourth-order valence-electron chi connectivity index (χ4n) is 3.12. The molecule has 1 aliphatic rings. The molecule has 1 atom stereocenters. The van der Waals surface area contributed by atoms with E-state index in [-0.39, 0.29) is 23.8 Å². The van der Waals surface area contributed by atoms with Crippen molar-refractivity contribution in [3.63, 3.8) is 0 Å². The number of nitrogens with zero attached hydrogens (tertiary/aromatic N) is 1. The Morgan fingerprint density at radius 2 is 1.92 bits per heavy atom. The van der Waals surface area contributed by atoms with Gasteiger partial charge in [-0.3, -0.25) is 9.69 Å². The van der Waals surface area contributed by atoms with Gasteiger partial charge in [-0.25, -0.2) is 4.79 Å². The second kappa shape index (κ2) is 6.84. The first-order valence-electron chi connectivity index (χ1n) is 8.00. The molecule has 0 radical (unpaired) electrons. The van der Waals surface area contributed by atoms with Gasteiger partial charge >= 0.3 is 5.97 Å². The minimum Gasteiger partial charge on any atom is -0.504 e. The maximum atomic E-state index is 12.8. The number of fused-ring (bicyclic) bond motifs is 1. The van der Waals surface area contributed by atoms with Crippen LogP contribution < -0.4 is 4.90 Å². The molecule has 1 heterocycles. The predicted molar refractivity (Wildman–Crippen MR) is 91.5 cm³/mol. The molecule has 6 heteroatoms. The molecule has 3 rings (SSSR count). The van der Waals surface area contributed by atoms with Crippen molar-refractivity contribution in [2.45, 2.75) is 25.3 Å². The largest absolute Gasteiger partial charge is 0.504 e. The van der Waals surface area contributed by atoms with Gasteiger partial charge in [-0.05, 0) is 35.7 Å². The minimum atomic E-state index is -0.650. The topological polar surface area (TPSA) is 87.1 Å². The van der Waals surface area contributed by atoms with Crippen molar-refractivity contribution in [2.24, 2.45) is 0 Å². The molecular formula is C19H19NO5. The van der Waals surface area contributed by atoms with Crippen molar-refractivity contribution in [1.29, 1.82) is 0 Å². The summed E-state index contributed by atoms with van der Waals surface area (Å²) in [7, 11) is 1.31. The molecule has 25 heavy (non-hydrogen) atoms. The Kier molecular flexibility index (Phi) is 4.61. The second-order valence-electron chi connectivity index (χ2n) is 5.96. The zero-order valence-corrected chi connectivity index (χ0v) is 13.8. The van der Waals surface area contributed by atoms with Crippen LogP contribution in [0.1, 0.15) is 17.5 Å². The number of methoxy groups -OCH3 is 1. The van der Waals surface area contributed by atoms with E-state index < -0.39 is 12.0 Å². The van der Waals surface area contributed by atoms with Gasteiger partial charge in [0.1, 0.15) is 6.04 Å². The van der Waals surface area contributed by atoms with Gasteiger partial charge in [-0.2, -0.15) is 0 Å². The molecule has 0 bridgehead atoms. The van der Waals surface area contributed by atoms with E-state index in [1.165, 1.54) is 24.1 Å². The highest BCUT2D eigenvalue weighted by Gasteiger charge is 2.38. The molecule has 2 aromatic rings. The highest BCUT2D eigenvalue weighted by molar-refractivity contribution is 6.02. The Morgan fingerprint density at radius 1 is 1.16 bits per heavy atom. The van der Waals surface area contributed by atoms with Crippen LogP contribution in [0.5, 0.6) is 11.5 Å². The Bertz CT molecular complexity index is 817. The van der Waals surface area contributed by atoms with Crippen LogP contribution in [0.3, 0.4) is 0 Å². The third-order valence-electron chi connectivity index (χ3n) is 4.39. The SMILES string of the molecule is COC(=O)[C@@H]1Cc2ccccc2N1C(=O)CCc1ccc(O)c(O)c1. The number of carbonyl (C=O) groups excluding carboxylic acids is 2. The van der Waals surface area contributed by atoms with E-state index in [4.69, 9.17) is 4.74 Å². The monoisotopic (exact) mass is 341 g/mol. The quantitative estimate of drug-likeness (QED) is 0.657. The van der Waals surface area contributed by atoms with Gasteiger partial charge in [0.05, 0.1) is 7.11 Å². The molecule has 0 spiro atoms. The van der Waals surface area contributed by atoms with Gasteiger partial charge < -0.3 is 14.9 Å². The number of hydrogen-bond donors (Lipinski definition) is 2. The summed E-state index contributed by atoms with van der Waals surface area (Å²) in [5.41, 5.74) is 2.40. The number of amides is 1. The van der Waals surface area contributed by atoms with Crippen LogP contribution in [0.2, 0.25) is 0 Å². The van der Waals surface area contributed by atoms with Gasteiger partial charge in [0.25, 0.3) is 0 Å². The van der Waals surface area contributed by atoms with Crippen molar-refractivity contribution < 1.29 is 24.5 Å². The van der Waals surface area contributed by atoms with Crippen molar-refractivity contribution in [3.05, 3.63) is 53.6 Å². The van der Waals surface area contributed by atoms with Gasteiger partial charge in [-0.1, -0.05) is 24.3 Å². The molecule has 2 aromatic carbocycles. The summed E-state index contributed by atoms with van der Waals surface area (Å²) in [6.07, 6.45) is 1.000. The first-order valence-corrected chi connectivity index (χ1v) is 8.00. The van der Waals surface area contributed by atoms with Gasteiger partial charge in [0.2, 0.25) is 5.91 Å². The third-order valence-corrected chi connectivity index (χ3v) is 4.39. The third kappa shape index (κ3) is 3.28. The standard InChI is InChI=1S/C19H19NO5/c1-25-19(24)15-11-13-4-2-3-5-14(13)20(15)18(23)9-7-12-6-8-16(21)17(22)10-12/h2-6,8,10,15,21-22H,7,9,11H2,1H3/t15-/m0/s1. The molecule has 130 valence electrons. The summed E-state index contributed by atoms with van der Waals surface area (Å²) >= 11 is 0. The average Bonchev–Trinajstić information content (AvgIpc) is 3.01. The minimum absolute atomic E-state index is 0.173. The highest BCUT2D eigenvalue weighted by Crippen LogP contribution is 2.33. The molecule has 0 fully saturated rings. The number of rotatable bonds is 4. The number of phenols is 2. The Balaban J connectivity index is 1.78. The lowest BCUT2D eigenvalue weighted by Crippen LogP contribution is -2.43. The summed E-state index contributed by atoms with van der Waals surface area (Å²) in [4.78, 5) is 26.3. The molecule has 0 unspecified atom stereocenters. The van der Waals surface area contributed by atoms with Crippen LogP contribution in [-0.2, 0) is 27.2 Å². The maximum absolute atomic E-state index is 12.8. The number of aromatic hydroxyl groups is 2. The summed E-state index contributed by atoms with van der Waals surface area (Å²) in [5.74, 6) is -1.04. The lowest BCUT2D eigenvalue weighted by Gasteiger charge is -2.23. The van der Waals surface area contributed by atoms with E-state index in [1.807, 2.05) is 24.3 Å². The Morgan fingerprint density at radius 3 is 2.64 bits per heavy atom. The van der Waals surface area contributed by atoms with Crippen molar-refractivity contribution in [3.8, 4) is 11.5 Å². The molecule has 0 aliphatic carbocycles. The number of ether oxygens (including phenoxy) is 1. The van der Waals surface area contributed by atoms with Gasteiger partial charge in [0, 0.05) is 18.5 Å². The van der Waals surface area contributed by atoms with E-state index in [1.54, 1.807) is 6.07 Å². The van der Waals surface area contributed by atoms with E-state index in [0.29, 0.717) is 12.8 Å². The average molecular weight is 341 g/mol. The van der Waals surface area contributed by atoms with E-state index in [9.17, 15) is 19.8 Å². The van der Waals surface area contributed by atoms with Crippen LogP contribution in [-0.4, -0.2) is 35.2 Å². The summed E-state index contributed by atoms with van der Waals surface area (Å²) < 4.78 is 4.84. The van der Waals surface area contributed by atoms with E-state index >= 15 is 0 Å². The lowest BCUT2D eigenvalue weighted by atomic mass is 10.1. The molecule has 0 saturated heterocycles. The van der Waals surface area contributed by atoms with Gasteiger partial charge in [-0.15, -0.1) is 0 Å². The first kappa shape index (κ1) is 16.8. The van der Waals surface area contributed by atoms with Crippen LogP contribution in [0, 0.1) is 0 Å². The van der Waals surface area contributed by atoms with Crippen LogP contribution >= 0.6 is 0 Å². The number of benzene rings is 2. The zero-order chi connectivity index (χ0) is 18.0. The summed E-state index contributed by atoms with van der Waals surface area (Å²) in [6.45, 7) is 0. The number of para-hydroxylation sites is 1. The fraction of sp³-hybridized carbons (Fsp3) is 0.263. The number of hydrogen-bond acceptors (Lipinski definition) is 5. The Labute approximate surface area is 145 Å². The Hall–Kier alpha value is -3.02. The highest BCUT2D eigenvalue weighted by atomic mass is 16.5. The van der Waals surface area contributed by atoms with E-state index in [2.05, 4.69) is 0 Å². The lowest BCUT2D eigenvalue weighted by molar-refractivity contribution is -0.143. The van der Waals surface area contributed by atoms with Crippen LogP contribution in [0.25, 0.3) is 0 Å². The number of aryl methyl sites for hydroxylation is 1. The van der Waals surface area contributed by atoms with E-state index in [0.717, 1.165) is 16.8 Å². The summed E-state index contributed by atoms with van der Waals surface area (Å²) in [5, 5.41) is 18.9. The number of esters is 1. The van der Waals surface area contributed by atoms with Crippen molar-refractivity contribution in [2.75, 3.05) is 12.0 Å². The van der Waals surface area contributed by atoms with Crippen molar-refractivity contribution >= 4 is 17.6 Å². The maximum Gasteiger partial charge on any atom is 0.329 e. The number of phenolic OH excluding ortho intramolecular Hbond substituents is 2.